The molecule has 0 aliphatic carbocycles. The molecule has 0 amide bonds. The van der Waals surface area contributed by atoms with Crippen LogP contribution in [0, 0.1) is 0 Å². The number of aromatic hydroxyl groups is 1. The van der Waals surface area contributed by atoms with Gasteiger partial charge in [0.15, 0.2) is 0 Å². The van der Waals surface area contributed by atoms with Gasteiger partial charge >= 0.3 is 6.18 Å². The molecule has 2 nitrogen and oxygen atoms in total. The van der Waals surface area contributed by atoms with E-state index in [4.69, 9.17) is 21.8 Å². The second kappa shape index (κ2) is 3.90. The standard InChI is InChI=1S/C9H8ClF3O2/c1-4(14)5-2-7(10)8(15)3-6(5)9(11,12)13/h2-4,14-15H,1H3. The highest BCUT2D eigenvalue weighted by atomic mass is 35.5. The number of halogens is 4. The zero-order valence-corrected chi connectivity index (χ0v) is 8.39. The molecule has 0 aliphatic rings. The normalized spacial score (nSPS) is 14.0. The van der Waals surface area contributed by atoms with Crippen LogP contribution < -0.4 is 0 Å². The number of alkyl halides is 3. The second-order valence-corrected chi connectivity index (χ2v) is 3.47. The van der Waals surface area contributed by atoms with Gasteiger partial charge in [-0.2, -0.15) is 13.2 Å². The van der Waals surface area contributed by atoms with Gasteiger partial charge in [-0.15, -0.1) is 0 Å². The summed E-state index contributed by atoms with van der Waals surface area (Å²) < 4.78 is 37.4. The Morgan fingerprint density at radius 1 is 1.33 bits per heavy atom. The zero-order valence-electron chi connectivity index (χ0n) is 7.64. The van der Waals surface area contributed by atoms with Crippen LogP contribution in [-0.2, 0) is 6.18 Å². The molecule has 15 heavy (non-hydrogen) atoms. The van der Waals surface area contributed by atoms with Crippen LogP contribution in [0.1, 0.15) is 24.2 Å². The first-order chi connectivity index (χ1) is 6.73. The fraction of sp³-hybridized carbons (Fsp3) is 0.333. The molecule has 1 aromatic carbocycles. The largest absolute Gasteiger partial charge is 0.506 e. The Hall–Kier alpha value is -0.940. The summed E-state index contributed by atoms with van der Waals surface area (Å²) in [6, 6.07) is 1.41. The third-order valence-corrected chi connectivity index (χ3v) is 2.18. The number of phenolic OH excluding ortho intramolecular Hbond substituents is 1. The first kappa shape index (κ1) is 12.1. The maximum absolute atomic E-state index is 12.5. The molecule has 1 unspecified atom stereocenters. The minimum atomic E-state index is -4.63. The number of benzene rings is 1. The van der Waals surface area contributed by atoms with Crippen LogP contribution >= 0.6 is 11.6 Å². The molecule has 1 atom stereocenters. The summed E-state index contributed by atoms with van der Waals surface area (Å²) in [6.45, 7) is 1.19. The first-order valence-corrected chi connectivity index (χ1v) is 4.39. The molecule has 0 heterocycles. The predicted octanol–water partition coefficient (Wildman–Crippen LogP) is 3.12. The van der Waals surface area contributed by atoms with Crippen LogP contribution in [0.5, 0.6) is 5.75 Å². The van der Waals surface area contributed by atoms with E-state index < -0.39 is 23.6 Å². The van der Waals surface area contributed by atoms with Gasteiger partial charge in [0.05, 0.1) is 16.7 Å². The number of aliphatic hydroxyl groups is 1. The summed E-state index contributed by atoms with van der Waals surface area (Å²) in [6.07, 6.45) is -5.94. The Balaban J connectivity index is 3.42. The summed E-state index contributed by atoms with van der Waals surface area (Å²) in [7, 11) is 0. The van der Waals surface area contributed by atoms with Crippen molar-refractivity contribution in [1.29, 1.82) is 0 Å². The molecule has 0 aliphatic heterocycles. The lowest BCUT2D eigenvalue weighted by Gasteiger charge is -2.15. The van der Waals surface area contributed by atoms with Crippen LogP contribution in [0.4, 0.5) is 13.2 Å². The molecule has 1 aromatic rings. The second-order valence-electron chi connectivity index (χ2n) is 3.06. The van der Waals surface area contributed by atoms with E-state index in [0.29, 0.717) is 6.07 Å². The lowest BCUT2D eigenvalue weighted by atomic mass is 10.0. The predicted molar refractivity (Wildman–Crippen MR) is 48.8 cm³/mol. The monoisotopic (exact) mass is 240 g/mol. The van der Waals surface area contributed by atoms with E-state index in [1.54, 1.807) is 0 Å². The van der Waals surface area contributed by atoms with Crippen LogP contribution in [0.3, 0.4) is 0 Å². The van der Waals surface area contributed by atoms with Crippen molar-refractivity contribution in [1.82, 2.24) is 0 Å². The van der Waals surface area contributed by atoms with Crippen molar-refractivity contribution in [2.45, 2.75) is 19.2 Å². The van der Waals surface area contributed by atoms with Gasteiger partial charge in [-0.3, -0.25) is 0 Å². The summed E-state index contributed by atoms with van der Waals surface area (Å²) in [4.78, 5) is 0. The van der Waals surface area contributed by atoms with Gasteiger partial charge in [-0.05, 0) is 24.6 Å². The van der Waals surface area contributed by atoms with E-state index in [2.05, 4.69) is 0 Å². The maximum atomic E-state index is 12.5. The molecule has 2 N–H and O–H groups in total. The minimum absolute atomic E-state index is 0.223. The third-order valence-electron chi connectivity index (χ3n) is 1.87. The van der Waals surface area contributed by atoms with Crippen molar-refractivity contribution in [2.75, 3.05) is 0 Å². The van der Waals surface area contributed by atoms with Gasteiger partial charge < -0.3 is 10.2 Å². The number of hydrogen-bond acceptors (Lipinski definition) is 2. The first-order valence-electron chi connectivity index (χ1n) is 4.01. The van der Waals surface area contributed by atoms with E-state index in [1.165, 1.54) is 6.92 Å². The van der Waals surface area contributed by atoms with Crippen molar-refractivity contribution in [3.05, 3.63) is 28.3 Å². The summed E-state index contributed by atoms with van der Waals surface area (Å²) in [5.74, 6) is -0.659. The van der Waals surface area contributed by atoms with Crippen LogP contribution in [-0.4, -0.2) is 10.2 Å². The van der Waals surface area contributed by atoms with Gasteiger partial charge in [0.25, 0.3) is 0 Å². The average molecular weight is 241 g/mol. The van der Waals surface area contributed by atoms with Crippen molar-refractivity contribution in [2.24, 2.45) is 0 Å². The van der Waals surface area contributed by atoms with E-state index in [1.807, 2.05) is 0 Å². The number of aliphatic hydroxyl groups excluding tert-OH is 1. The van der Waals surface area contributed by atoms with Crippen LogP contribution in [0.15, 0.2) is 12.1 Å². The van der Waals surface area contributed by atoms with Crippen LogP contribution in [0.2, 0.25) is 5.02 Å². The van der Waals surface area contributed by atoms with Gasteiger partial charge in [0, 0.05) is 0 Å². The Bertz CT molecular complexity index is 374. The van der Waals surface area contributed by atoms with E-state index in [9.17, 15) is 13.2 Å². The highest BCUT2D eigenvalue weighted by Gasteiger charge is 2.35. The van der Waals surface area contributed by atoms with Crippen molar-refractivity contribution in [3.63, 3.8) is 0 Å². The summed E-state index contributed by atoms with van der Waals surface area (Å²) in [5.41, 5.74) is -1.44. The SMILES string of the molecule is CC(O)c1cc(Cl)c(O)cc1C(F)(F)F. The van der Waals surface area contributed by atoms with Crippen molar-refractivity contribution in [3.8, 4) is 5.75 Å². The van der Waals surface area contributed by atoms with E-state index in [-0.39, 0.29) is 10.6 Å². The molecule has 0 fully saturated rings. The molecule has 0 bridgehead atoms. The van der Waals surface area contributed by atoms with Gasteiger partial charge in [0.1, 0.15) is 5.75 Å². The maximum Gasteiger partial charge on any atom is 0.416 e. The quantitative estimate of drug-likeness (QED) is 0.792. The van der Waals surface area contributed by atoms with E-state index >= 15 is 0 Å². The molecular weight excluding hydrogens is 233 g/mol. The van der Waals surface area contributed by atoms with Gasteiger partial charge in [-0.1, -0.05) is 11.6 Å². The zero-order chi connectivity index (χ0) is 11.8. The van der Waals surface area contributed by atoms with Crippen LogP contribution in [0.25, 0.3) is 0 Å². The average Bonchev–Trinajstić information content (AvgIpc) is 2.06. The Labute approximate surface area is 88.9 Å². The van der Waals surface area contributed by atoms with Crippen molar-refractivity contribution < 1.29 is 23.4 Å². The molecular formula is C9H8ClF3O2. The highest BCUT2D eigenvalue weighted by Crippen LogP contribution is 2.39. The molecule has 6 heteroatoms. The fourth-order valence-electron chi connectivity index (χ4n) is 1.17. The summed E-state index contributed by atoms with van der Waals surface area (Å²) in [5, 5.41) is 18.0. The molecule has 0 saturated carbocycles. The Kier molecular flexibility index (Phi) is 3.16. The molecule has 84 valence electrons. The molecule has 0 saturated heterocycles. The molecule has 1 rings (SSSR count). The van der Waals surface area contributed by atoms with E-state index in [0.717, 1.165) is 6.07 Å². The topological polar surface area (TPSA) is 40.5 Å². The lowest BCUT2D eigenvalue weighted by Crippen LogP contribution is -2.10. The van der Waals surface area contributed by atoms with Gasteiger partial charge in [0.2, 0.25) is 0 Å². The molecule has 0 aromatic heterocycles. The minimum Gasteiger partial charge on any atom is -0.506 e. The molecule has 0 radical (unpaired) electrons. The summed E-state index contributed by atoms with van der Waals surface area (Å²) >= 11 is 5.45. The highest BCUT2D eigenvalue weighted by molar-refractivity contribution is 6.32. The molecule has 0 spiro atoms. The fourth-order valence-corrected chi connectivity index (χ4v) is 1.34. The number of phenols is 1. The smallest absolute Gasteiger partial charge is 0.416 e. The lowest BCUT2D eigenvalue weighted by molar-refractivity contribution is -0.139. The number of rotatable bonds is 1. The Morgan fingerprint density at radius 3 is 2.27 bits per heavy atom. The van der Waals surface area contributed by atoms with Crippen molar-refractivity contribution >= 4 is 11.6 Å². The third kappa shape index (κ3) is 2.54. The van der Waals surface area contributed by atoms with Gasteiger partial charge in [-0.25, -0.2) is 0 Å². The number of hydrogen-bond donors (Lipinski definition) is 2. The Morgan fingerprint density at radius 2 is 1.87 bits per heavy atom.